The number of rotatable bonds is 7. The highest BCUT2D eigenvalue weighted by atomic mass is 16.5. The van der Waals surface area contributed by atoms with Gasteiger partial charge in [0.25, 0.3) is 0 Å². The number of carbonyl (C=O) groups is 1. The summed E-state index contributed by atoms with van der Waals surface area (Å²) in [6.45, 7) is 1.57. The topological polar surface area (TPSA) is 82.8 Å². The molecule has 1 heterocycles. The molecule has 0 amide bonds. The number of likely N-dealkylation sites (tertiary alicyclic amines) is 1. The molecule has 3 rings (SSSR count). The molecule has 0 radical (unpaired) electrons. The van der Waals surface area contributed by atoms with E-state index in [0.29, 0.717) is 44.0 Å². The SMILES string of the molecule is COc1ccc(C2(C#N)CCN(CC(=O)O)CC2)cc1OCc1ccccc1. The summed E-state index contributed by atoms with van der Waals surface area (Å²) >= 11 is 0. The van der Waals surface area contributed by atoms with E-state index in [2.05, 4.69) is 6.07 Å². The number of hydrogen-bond donors (Lipinski definition) is 1. The van der Waals surface area contributed by atoms with Crippen LogP contribution in [0.2, 0.25) is 0 Å². The molecule has 28 heavy (non-hydrogen) atoms. The molecule has 0 saturated carbocycles. The zero-order chi connectivity index (χ0) is 20.0. The minimum absolute atomic E-state index is 0.00948. The van der Waals surface area contributed by atoms with Crippen molar-refractivity contribution in [3.8, 4) is 17.6 Å². The standard InChI is InChI=1S/C22H24N2O4/c1-27-19-8-7-18(13-20(19)28-15-17-5-3-2-4-6-17)22(16-23)9-11-24(12-10-22)14-21(25)26/h2-8,13H,9-12,14-15H2,1H3,(H,25,26). The van der Waals surface area contributed by atoms with Crippen LogP contribution in [-0.4, -0.2) is 42.7 Å². The van der Waals surface area contributed by atoms with Gasteiger partial charge in [0.05, 0.1) is 25.1 Å². The molecule has 1 N–H and O–H groups in total. The van der Waals surface area contributed by atoms with Gasteiger partial charge >= 0.3 is 5.97 Å². The number of carboxylic acid groups (broad SMARTS) is 1. The molecule has 1 aliphatic rings. The van der Waals surface area contributed by atoms with Crippen LogP contribution in [0.3, 0.4) is 0 Å². The number of methoxy groups -OCH3 is 1. The Morgan fingerprint density at radius 3 is 2.50 bits per heavy atom. The van der Waals surface area contributed by atoms with E-state index < -0.39 is 11.4 Å². The van der Waals surface area contributed by atoms with Crippen molar-refractivity contribution in [3.05, 3.63) is 59.7 Å². The summed E-state index contributed by atoms with van der Waals surface area (Å²) in [7, 11) is 1.59. The van der Waals surface area contributed by atoms with Gasteiger partial charge in [-0.3, -0.25) is 9.69 Å². The largest absolute Gasteiger partial charge is 0.493 e. The second-order valence-corrected chi connectivity index (χ2v) is 7.00. The average Bonchev–Trinajstić information content (AvgIpc) is 2.73. The van der Waals surface area contributed by atoms with E-state index in [1.807, 2.05) is 53.4 Å². The molecular weight excluding hydrogens is 356 g/mol. The fourth-order valence-corrected chi connectivity index (χ4v) is 3.57. The van der Waals surface area contributed by atoms with E-state index in [-0.39, 0.29) is 6.54 Å². The van der Waals surface area contributed by atoms with Gasteiger partial charge in [0.1, 0.15) is 6.61 Å². The van der Waals surface area contributed by atoms with Crippen molar-refractivity contribution < 1.29 is 19.4 Å². The molecule has 6 heteroatoms. The Bertz CT molecular complexity index is 853. The van der Waals surface area contributed by atoms with E-state index in [1.54, 1.807) is 7.11 Å². The quantitative estimate of drug-likeness (QED) is 0.794. The Morgan fingerprint density at radius 2 is 1.89 bits per heavy atom. The predicted molar refractivity (Wildman–Crippen MR) is 104 cm³/mol. The van der Waals surface area contributed by atoms with Gasteiger partial charge in [-0.25, -0.2) is 0 Å². The lowest BCUT2D eigenvalue weighted by Crippen LogP contribution is -2.43. The van der Waals surface area contributed by atoms with Crippen LogP contribution in [-0.2, 0) is 16.8 Å². The highest BCUT2D eigenvalue weighted by Crippen LogP contribution is 2.39. The van der Waals surface area contributed by atoms with Gasteiger partial charge in [-0.1, -0.05) is 36.4 Å². The molecule has 1 aliphatic heterocycles. The first-order valence-corrected chi connectivity index (χ1v) is 9.27. The van der Waals surface area contributed by atoms with E-state index in [4.69, 9.17) is 14.6 Å². The van der Waals surface area contributed by atoms with Crippen molar-refractivity contribution in [1.29, 1.82) is 5.26 Å². The summed E-state index contributed by atoms with van der Waals surface area (Å²) in [6, 6.07) is 18.0. The van der Waals surface area contributed by atoms with E-state index in [9.17, 15) is 10.1 Å². The van der Waals surface area contributed by atoms with Gasteiger partial charge in [0, 0.05) is 13.1 Å². The van der Waals surface area contributed by atoms with Crippen molar-refractivity contribution >= 4 is 5.97 Å². The lowest BCUT2D eigenvalue weighted by molar-refractivity contribution is -0.138. The zero-order valence-corrected chi connectivity index (χ0v) is 15.9. The third-order valence-electron chi connectivity index (χ3n) is 5.24. The summed E-state index contributed by atoms with van der Waals surface area (Å²) in [5.74, 6) is 0.382. The zero-order valence-electron chi connectivity index (χ0n) is 15.9. The van der Waals surface area contributed by atoms with Gasteiger partial charge in [0.15, 0.2) is 11.5 Å². The van der Waals surface area contributed by atoms with Gasteiger partial charge in [-0.05, 0) is 36.1 Å². The summed E-state index contributed by atoms with van der Waals surface area (Å²) in [6.07, 6.45) is 1.17. The van der Waals surface area contributed by atoms with Crippen molar-refractivity contribution in [3.63, 3.8) is 0 Å². The molecule has 0 atom stereocenters. The van der Waals surface area contributed by atoms with Gasteiger partial charge in [0.2, 0.25) is 0 Å². The molecule has 0 aromatic heterocycles. The normalized spacial score (nSPS) is 16.1. The van der Waals surface area contributed by atoms with Crippen molar-refractivity contribution in [1.82, 2.24) is 4.90 Å². The molecule has 0 bridgehead atoms. The fraction of sp³-hybridized carbons (Fsp3) is 0.364. The van der Waals surface area contributed by atoms with Gasteiger partial charge in [-0.15, -0.1) is 0 Å². The molecule has 0 unspecified atom stereocenters. The Labute approximate surface area is 164 Å². The second-order valence-electron chi connectivity index (χ2n) is 7.00. The summed E-state index contributed by atoms with van der Waals surface area (Å²) in [5.41, 5.74) is 1.28. The molecule has 1 fully saturated rings. The molecule has 1 saturated heterocycles. The first-order valence-electron chi connectivity index (χ1n) is 9.27. The molecule has 2 aromatic rings. The number of benzene rings is 2. The van der Waals surface area contributed by atoms with E-state index in [0.717, 1.165) is 11.1 Å². The van der Waals surface area contributed by atoms with Crippen LogP contribution in [0, 0.1) is 11.3 Å². The minimum Gasteiger partial charge on any atom is -0.493 e. The van der Waals surface area contributed by atoms with Crippen LogP contribution >= 0.6 is 0 Å². The molecular formula is C22H24N2O4. The number of ether oxygens (including phenoxy) is 2. The summed E-state index contributed by atoms with van der Waals surface area (Å²) in [5, 5.41) is 18.9. The number of hydrogen-bond acceptors (Lipinski definition) is 5. The Hall–Kier alpha value is -3.04. The lowest BCUT2D eigenvalue weighted by Gasteiger charge is -2.37. The summed E-state index contributed by atoms with van der Waals surface area (Å²) < 4.78 is 11.4. The number of aliphatic carboxylic acids is 1. The fourth-order valence-electron chi connectivity index (χ4n) is 3.57. The lowest BCUT2D eigenvalue weighted by atomic mass is 9.74. The van der Waals surface area contributed by atoms with Crippen molar-refractivity contribution in [2.45, 2.75) is 24.9 Å². The van der Waals surface area contributed by atoms with E-state index in [1.165, 1.54) is 0 Å². The Morgan fingerprint density at radius 1 is 1.18 bits per heavy atom. The van der Waals surface area contributed by atoms with Crippen molar-refractivity contribution in [2.24, 2.45) is 0 Å². The number of nitrogens with zero attached hydrogens (tertiary/aromatic N) is 2. The maximum atomic E-state index is 10.9. The molecule has 0 aliphatic carbocycles. The number of carboxylic acids is 1. The van der Waals surface area contributed by atoms with Crippen LogP contribution < -0.4 is 9.47 Å². The van der Waals surface area contributed by atoms with Gasteiger partial charge < -0.3 is 14.6 Å². The maximum absolute atomic E-state index is 10.9. The van der Waals surface area contributed by atoms with Crippen LogP contribution in [0.15, 0.2) is 48.5 Å². The summed E-state index contributed by atoms with van der Waals surface area (Å²) in [4.78, 5) is 12.8. The monoisotopic (exact) mass is 380 g/mol. The number of nitriles is 1. The maximum Gasteiger partial charge on any atom is 0.317 e. The smallest absolute Gasteiger partial charge is 0.317 e. The molecule has 146 valence electrons. The molecule has 0 spiro atoms. The van der Waals surface area contributed by atoms with Gasteiger partial charge in [-0.2, -0.15) is 5.26 Å². The third kappa shape index (κ3) is 4.44. The van der Waals surface area contributed by atoms with Crippen LogP contribution in [0.25, 0.3) is 0 Å². The third-order valence-corrected chi connectivity index (χ3v) is 5.24. The van der Waals surface area contributed by atoms with Crippen LogP contribution in [0.5, 0.6) is 11.5 Å². The molecule has 2 aromatic carbocycles. The number of piperidine rings is 1. The highest BCUT2D eigenvalue weighted by molar-refractivity contribution is 5.69. The van der Waals surface area contributed by atoms with E-state index >= 15 is 0 Å². The first-order chi connectivity index (χ1) is 13.6. The predicted octanol–water partition coefficient (Wildman–Crippen LogP) is 3.22. The molecule has 6 nitrogen and oxygen atoms in total. The second kappa shape index (κ2) is 8.77. The first kappa shape index (κ1) is 19.7. The van der Waals surface area contributed by atoms with Crippen LogP contribution in [0.1, 0.15) is 24.0 Å². The Balaban J connectivity index is 1.79. The minimum atomic E-state index is -0.842. The highest BCUT2D eigenvalue weighted by Gasteiger charge is 2.37. The average molecular weight is 380 g/mol. The van der Waals surface area contributed by atoms with Crippen LogP contribution in [0.4, 0.5) is 0 Å². The Kier molecular flexibility index (Phi) is 6.17. The van der Waals surface area contributed by atoms with Crippen molar-refractivity contribution in [2.75, 3.05) is 26.7 Å².